The molecule has 1 aromatic heterocycles. The Morgan fingerprint density at radius 2 is 1.62 bits per heavy atom. The van der Waals surface area contributed by atoms with Gasteiger partial charge >= 0.3 is 0 Å². The van der Waals surface area contributed by atoms with E-state index < -0.39 is 11.7 Å². The summed E-state index contributed by atoms with van der Waals surface area (Å²) in [5, 5.41) is 3.03. The van der Waals surface area contributed by atoms with Crippen molar-refractivity contribution in [3.8, 4) is 10.4 Å². The van der Waals surface area contributed by atoms with Gasteiger partial charge in [-0.25, -0.2) is 4.98 Å². The number of carbonyl (C=O) groups is 2. The van der Waals surface area contributed by atoms with Crippen molar-refractivity contribution in [1.29, 1.82) is 0 Å². The summed E-state index contributed by atoms with van der Waals surface area (Å²) in [5.41, 5.74) is 3.27. The first-order chi connectivity index (χ1) is 11.5. The monoisotopic (exact) mass is 336 g/mol. The fourth-order valence-electron chi connectivity index (χ4n) is 2.30. The van der Waals surface area contributed by atoms with Crippen molar-refractivity contribution in [3.63, 3.8) is 0 Å². The van der Waals surface area contributed by atoms with Crippen LogP contribution in [0.2, 0.25) is 0 Å². The van der Waals surface area contributed by atoms with E-state index in [1.165, 1.54) is 11.3 Å². The Labute approximate surface area is 144 Å². The minimum atomic E-state index is -0.674. The molecule has 4 nitrogen and oxygen atoms in total. The van der Waals surface area contributed by atoms with Gasteiger partial charge in [-0.1, -0.05) is 71.5 Å². The SMILES string of the molecule is Cc1ccc(C(=O)C(=O)Nc2nc(C)c(-c3ccccc3)s2)cc1. The summed E-state index contributed by atoms with van der Waals surface area (Å²) in [5.74, 6) is -1.24. The molecule has 3 aromatic rings. The number of ketones is 1. The Morgan fingerprint density at radius 3 is 2.29 bits per heavy atom. The normalized spacial score (nSPS) is 10.4. The van der Waals surface area contributed by atoms with Crippen LogP contribution in [-0.4, -0.2) is 16.7 Å². The van der Waals surface area contributed by atoms with Crippen LogP contribution in [0.25, 0.3) is 10.4 Å². The third-order valence-electron chi connectivity index (χ3n) is 3.57. The summed E-state index contributed by atoms with van der Waals surface area (Å²) < 4.78 is 0. The maximum Gasteiger partial charge on any atom is 0.298 e. The van der Waals surface area contributed by atoms with Crippen LogP contribution >= 0.6 is 11.3 Å². The molecule has 0 spiro atoms. The number of thiazole rings is 1. The molecule has 0 bridgehead atoms. The minimum absolute atomic E-state index is 0.370. The quantitative estimate of drug-likeness (QED) is 0.572. The fraction of sp³-hybridized carbons (Fsp3) is 0.105. The summed E-state index contributed by atoms with van der Waals surface area (Å²) in [6.07, 6.45) is 0. The van der Waals surface area contributed by atoms with Crippen molar-refractivity contribution in [2.45, 2.75) is 13.8 Å². The second-order valence-corrected chi connectivity index (χ2v) is 6.45. The first-order valence-electron chi connectivity index (χ1n) is 7.50. The van der Waals surface area contributed by atoms with Gasteiger partial charge in [-0.05, 0) is 19.4 Å². The molecule has 0 unspecified atom stereocenters. The van der Waals surface area contributed by atoms with E-state index in [1.807, 2.05) is 56.3 Å². The first-order valence-corrected chi connectivity index (χ1v) is 8.31. The molecule has 1 amide bonds. The molecular formula is C19H16N2O2S. The van der Waals surface area contributed by atoms with Crippen LogP contribution in [0.15, 0.2) is 54.6 Å². The van der Waals surface area contributed by atoms with E-state index >= 15 is 0 Å². The topological polar surface area (TPSA) is 59.1 Å². The molecular weight excluding hydrogens is 320 g/mol. The summed E-state index contributed by atoms with van der Waals surface area (Å²) in [6, 6.07) is 16.7. The number of aromatic nitrogens is 1. The van der Waals surface area contributed by atoms with Gasteiger partial charge in [0.15, 0.2) is 5.13 Å². The zero-order valence-corrected chi connectivity index (χ0v) is 14.2. The lowest BCUT2D eigenvalue weighted by Crippen LogP contribution is -2.22. The number of Topliss-reactive ketones (excluding diaryl/α,β-unsaturated/α-hetero) is 1. The van der Waals surface area contributed by atoms with E-state index in [0.717, 1.165) is 21.7 Å². The molecule has 0 aliphatic carbocycles. The van der Waals surface area contributed by atoms with Crippen molar-refractivity contribution < 1.29 is 9.59 Å². The molecule has 3 rings (SSSR count). The predicted molar refractivity (Wildman–Crippen MR) is 96.4 cm³/mol. The smallest absolute Gasteiger partial charge is 0.295 e. The van der Waals surface area contributed by atoms with Gasteiger partial charge < -0.3 is 0 Å². The first kappa shape index (κ1) is 16.1. The van der Waals surface area contributed by atoms with Gasteiger partial charge in [0.1, 0.15) is 0 Å². The Bertz CT molecular complexity index is 883. The third kappa shape index (κ3) is 3.41. The van der Waals surface area contributed by atoms with Crippen LogP contribution in [0.3, 0.4) is 0 Å². The van der Waals surface area contributed by atoms with Crippen molar-refractivity contribution in [2.24, 2.45) is 0 Å². The van der Waals surface area contributed by atoms with Gasteiger partial charge in [-0.3, -0.25) is 14.9 Å². The molecule has 1 heterocycles. The molecule has 0 radical (unpaired) electrons. The summed E-state index contributed by atoms with van der Waals surface area (Å²) >= 11 is 1.36. The van der Waals surface area contributed by atoms with E-state index in [2.05, 4.69) is 10.3 Å². The largest absolute Gasteiger partial charge is 0.298 e. The number of carbonyl (C=O) groups excluding carboxylic acids is 2. The summed E-state index contributed by atoms with van der Waals surface area (Å²) in [6.45, 7) is 3.81. The number of nitrogens with one attached hydrogen (secondary N) is 1. The Balaban J connectivity index is 1.78. The standard InChI is InChI=1S/C19H16N2O2S/c1-12-8-10-14(11-9-12)16(22)18(23)21-19-20-13(2)17(24-19)15-6-4-3-5-7-15/h3-11H,1-2H3,(H,20,21,23). The molecule has 2 aromatic carbocycles. The zero-order valence-electron chi connectivity index (χ0n) is 13.4. The molecule has 0 saturated heterocycles. The van der Waals surface area contributed by atoms with Gasteiger partial charge in [0.25, 0.3) is 11.7 Å². The number of amides is 1. The van der Waals surface area contributed by atoms with Crippen LogP contribution < -0.4 is 5.32 Å². The molecule has 5 heteroatoms. The Kier molecular flexibility index (Phi) is 4.53. The number of aryl methyl sites for hydroxylation is 2. The van der Waals surface area contributed by atoms with Crippen molar-refractivity contribution in [2.75, 3.05) is 5.32 Å². The van der Waals surface area contributed by atoms with E-state index in [-0.39, 0.29) is 0 Å². The Morgan fingerprint density at radius 1 is 0.958 bits per heavy atom. The number of anilines is 1. The highest BCUT2D eigenvalue weighted by Crippen LogP contribution is 2.32. The predicted octanol–water partition coefficient (Wildman–Crippen LogP) is 4.25. The second-order valence-electron chi connectivity index (χ2n) is 5.45. The highest BCUT2D eigenvalue weighted by molar-refractivity contribution is 7.19. The molecule has 120 valence electrons. The average molecular weight is 336 g/mol. The van der Waals surface area contributed by atoms with Crippen LogP contribution in [0.5, 0.6) is 0 Å². The van der Waals surface area contributed by atoms with Gasteiger partial charge in [-0.15, -0.1) is 0 Å². The van der Waals surface area contributed by atoms with Gasteiger partial charge in [0, 0.05) is 5.56 Å². The molecule has 0 aliphatic heterocycles. The lowest BCUT2D eigenvalue weighted by atomic mass is 10.1. The maximum absolute atomic E-state index is 12.2. The Hall–Kier alpha value is -2.79. The lowest BCUT2D eigenvalue weighted by Gasteiger charge is -2.01. The molecule has 0 atom stereocenters. The van der Waals surface area contributed by atoms with Gasteiger partial charge in [0.2, 0.25) is 0 Å². The van der Waals surface area contributed by atoms with E-state index in [4.69, 9.17) is 0 Å². The van der Waals surface area contributed by atoms with E-state index in [0.29, 0.717) is 10.7 Å². The maximum atomic E-state index is 12.2. The number of hydrogen-bond acceptors (Lipinski definition) is 4. The molecule has 24 heavy (non-hydrogen) atoms. The van der Waals surface area contributed by atoms with Crippen LogP contribution in [0.1, 0.15) is 21.6 Å². The minimum Gasteiger partial charge on any atom is -0.295 e. The van der Waals surface area contributed by atoms with Crippen LogP contribution in [0.4, 0.5) is 5.13 Å². The number of nitrogens with zero attached hydrogens (tertiary/aromatic N) is 1. The highest BCUT2D eigenvalue weighted by atomic mass is 32.1. The number of benzene rings is 2. The number of hydrogen-bond donors (Lipinski definition) is 1. The van der Waals surface area contributed by atoms with Crippen molar-refractivity contribution >= 4 is 28.2 Å². The van der Waals surface area contributed by atoms with E-state index in [9.17, 15) is 9.59 Å². The third-order valence-corrected chi connectivity index (χ3v) is 4.69. The zero-order chi connectivity index (χ0) is 17.1. The van der Waals surface area contributed by atoms with Crippen LogP contribution in [-0.2, 0) is 4.79 Å². The number of rotatable bonds is 4. The van der Waals surface area contributed by atoms with Crippen molar-refractivity contribution in [3.05, 3.63) is 71.4 Å². The highest BCUT2D eigenvalue weighted by Gasteiger charge is 2.18. The van der Waals surface area contributed by atoms with Crippen molar-refractivity contribution in [1.82, 2.24) is 4.98 Å². The summed E-state index contributed by atoms with van der Waals surface area (Å²) in [7, 11) is 0. The average Bonchev–Trinajstić information content (AvgIpc) is 2.96. The lowest BCUT2D eigenvalue weighted by molar-refractivity contribution is -0.112. The summed E-state index contributed by atoms with van der Waals surface area (Å²) in [4.78, 5) is 29.7. The molecule has 1 N–H and O–H groups in total. The van der Waals surface area contributed by atoms with Crippen LogP contribution in [0, 0.1) is 13.8 Å². The molecule has 0 saturated carbocycles. The second kappa shape index (κ2) is 6.76. The molecule has 0 fully saturated rings. The molecule has 0 aliphatic rings. The fourth-order valence-corrected chi connectivity index (χ4v) is 3.26. The van der Waals surface area contributed by atoms with Gasteiger partial charge in [0.05, 0.1) is 10.6 Å². The van der Waals surface area contributed by atoms with Gasteiger partial charge in [-0.2, -0.15) is 0 Å². The van der Waals surface area contributed by atoms with E-state index in [1.54, 1.807) is 12.1 Å².